The summed E-state index contributed by atoms with van der Waals surface area (Å²) in [7, 11) is 3.39. The molecular weight excluding hydrogens is 426 g/mol. The van der Waals surface area contributed by atoms with Crippen molar-refractivity contribution in [3.8, 4) is 34.4 Å². The Kier molecular flexibility index (Phi) is 6.66. The van der Waals surface area contributed by atoms with Crippen LogP contribution in [-0.4, -0.2) is 58.4 Å². The van der Waals surface area contributed by atoms with E-state index in [0.29, 0.717) is 22.8 Å². The summed E-state index contributed by atoms with van der Waals surface area (Å²) < 4.78 is 53.4. The third-order valence-electron chi connectivity index (χ3n) is 4.53. The highest BCUT2D eigenvalue weighted by molar-refractivity contribution is 7.89. The van der Waals surface area contributed by atoms with E-state index in [-0.39, 0.29) is 28.9 Å². The van der Waals surface area contributed by atoms with Gasteiger partial charge in [0.25, 0.3) is 0 Å². The summed E-state index contributed by atoms with van der Waals surface area (Å²) in [6, 6.07) is 9.70. The number of aromatic nitrogens is 2. The second-order valence-corrected chi connectivity index (χ2v) is 8.37. The largest absolute Gasteiger partial charge is 0.497 e. The van der Waals surface area contributed by atoms with E-state index in [1.807, 2.05) is 0 Å². The van der Waals surface area contributed by atoms with Crippen LogP contribution in [0, 0.1) is 0 Å². The van der Waals surface area contributed by atoms with E-state index in [2.05, 4.69) is 10.1 Å². The van der Waals surface area contributed by atoms with Gasteiger partial charge in [0.15, 0.2) is 0 Å². The molecule has 0 saturated carbocycles. The van der Waals surface area contributed by atoms with E-state index >= 15 is 0 Å². The molecule has 1 aromatic heterocycles. The zero-order chi connectivity index (χ0) is 22.6. The molecule has 3 rings (SSSR count). The monoisotopic (exact) mass is 449 g/mol. The number of sulfonamides is 1. The number of hydrogen-bond acceptors (Lipinski definition) is 9. The van der Waals surface area contributed by atoms with Gasteiger partial charge in [0.05, 0.1) is 40.5 Å². The van der Waals surface area contributed by atoms with Crippen LogP contribution in [0.4, 0.5) is 0 Å². The Labute approximate surface area is 180 Å². The first-order valence-corrected chi connectivity index (χ1v) is 10.5. The Bertz CT molecular complexity index is 1160. The van der Waals surface area contributed by atoms with E-state index in [0.717, 1.165) is 4.31 Å². The van der Waals surface area contributed by atoms with Gasteiger partial charge in [-0.05, 0) is 24.3 Å². The molecule has 0 unspecified atom stereocenters. The summed E-state index contributed by atoms with van der Waals surface area (Å²) in [6.07, 6.45) is 0. The zero-order valence-corrected chi connectivity index (χ0v) is 18.6. The van der Waals surface area contributed by atoms with Gasteiger partial charge in [-0.15, -0.1) is 0 Å². The summed E-state index contributed by atoms with van der Waals surface area (Å²) in [4.78, 5) is 4.27. The van der Waals surface area contributed by atoms with Crippen LogP contribution in [-0.2, 0) is 16.6 Å². The van der Waals surface area contributed by atoms with Crippen LogP contribution in [0.1, 0.15) is 5.89 Å². The highest BCUT2D eigenvalue weighted by Gasteiger charge is 2.27. The topological polar surface area (TPSA) is 113 Å². The molecule has 0 saturated heterocycles. The van der Waals surface area contributed by atoms with Gasteiger partial charge in [-0.3, -0.25) is 0 Å². The summed E-state index contributed by atoms with van der Waals surface area (Å²) in [5.74, 6) is 2.07. The Morgan fingerprint density at radius 2 is 1.55 bits per heavy atom. The predicted octanol–water partition coefficient (Wildman–Crippen LogP) is 2.59. The fraction of sp³-hybridized carbons (Fsp3) is 0.300. The molecule has 0 amide bonds. The van der Waals surface area contributed by atoms with Crippen LogP contribution < -0.4 is 18.9 Å². The van der Waals surface area contributed by atoms with E-state index in [4.69, 9.17) is 23.5 Å². The fourth-order valence-corrected chi connectivity index (χ4v) is 4.13. The molecule has 0 N–H and O–H groups in total. The van der Waals surface area contributed by atoms with Crippen molar-refractivity contribution in [2.24, 2.45) is 0 Å². The van der Waals surface area contributed by atoms with E-state index in [1.54, 1.807) is 31.4 Å². The maximum Gasteiger partial charge on any atom is 0.247 e. The normalized spacial score (nSPS) is 11.4. The number of rotatable bonds is 9. The number of ether oxygens (including phenoxy) is 4. The molecule has 2 aromatic carbocycles. The number of methoxy groups -OCH3 is 4. The molecular formula is C20H23N3O7S. The standard InChI is InChI=1S/C20H23N3O7S/c1-23(31(24,25)18-11-14(27-3)7-9-16(18)28-4)12-19-21-20(22-30-19)15-8-6-13(26-2)10-17(15)29-5/h6-11H,12H2,1-5H3. The van der Waals surface area contributed by atoms with Gasteiger partial charge in [-0.2, -0.15) is 9.29 Å². The molecule has 11 heteroatoms. The van der Waals surface area contributed by atoms with Crippen LogP contribution in [0.25, 0.3) is 11.4 Å². The molecule has 1 heterocycles. The molecule has 10 nitrogen and oxygen atoms in total. The maximum atomic E-state index is 13.1. The van der Waals surface area contributed by atoms with E-state index < -0.39 is 10.0 Å². The van der Waals surface area contributed by atoms with Crippen LogP contribution in [0.2, 0.25) is 0 Å². The lowest BCUT2D eigenvalue weighted by atomic mass is 10.2. The third kappa shape index (κ3) is 4.57. The second-order valence-electron chi connectivity index (χ2n) is 6.36. The lowest BCUT2D eigenvalue weighted by Gasteiger charge is -2.17. The van der Waals surface area contributed by atoms with Crippen molar-refractivity contribution in [3.63, 3.8) is 0 Å². The number of nitrogens with zero attached hydrogens (tertiary/aromatic N) is 3. The lowest BCUT2D eigenvalue weighted by Crippen LogP contribution is -2.27. The Morgan fingerprint density at radius 3 is 2.19 bits per heavy atom. The smallest absolute Gasteiger partial charge is 0.247 e. The maximum absolute atomic E-state index is 13.1. The molecule has 0 fully saturated rings. The van der Waals surface area contributed by atoms with Gasteiger partial charge in [-0.25, -0.2) is 8.42 Å². The van der Waals surface area contributed by atoms with Gasteiger partial charge in [0, 0.05) is 19.2 Å². The molecule has 31 heavy (non-hydrogen) atoms. The minimum atomic E-state index is -3.93. The van der Waals surface area contributed by atoms with Crippen molar-refractivity contribution < 1.29 is 31.9 Å². The summed E-state index contributed by atoms with van der Waals surface area (Å²) >= 11 is 0. The van der Waals surface area contributed by atoms with Crippen molar-refractivity contribution in [1.82, 2.24) is 14.4 Å². The summed E-state index contributed by atoms with van der Waals surface area (Å²) in [5.41, 5.74) is 0.582. The van der Waals surface area contributed by atoms with E-state index in [1.165, 1.54) is 40.5 Å². The first-order chi connectivity index (χ1) is 14.8. The van der Waals surface area contributed by atoms with Gasteiger partial charge in [0.2, 0.25) is 21.7 Å². The first-order valence-electron chi connectivity index (χ1n) is 9.07. The van der Waals surface area contributed by atoms with Gasteiger partial charge >= 0.3 is 0 Å². The zero-order valence-electron chi connectivity index (χ0n) is 17.8. The third-order valence-corrected chi connectivity index (χ3v) is 6.36. The minimum absolute atomic E-state index is 0.0339. The average Bonchev–Trinajstić information content (AvgIpc) is 3.26. The molecule has 0 aliphatic heterocycles. The summed E-state index contributed by atoms with van der Waals surface area (Å²) in [6.45, 7) is -0.145. The van der Waals surface area contributed by atoms with Gasteiger partial charge < -0.3 is 23.5 Å². The quantitative estimate of drug-likeness (QED) is 0.486. The first kappa shape index (κ1) is 22.4. The molecule has 0 aliphatic rings. The average molecular weight is 449 g/mol. The Morgan fingerprint density at radius 1 is 0.903 bits per heavy atom. The van der Waals surface area contributed by atoms with E-state index in [9.17, 15) is 8.42 Å². The van der Waals surface area contributed by atoms with Gasteiger partial charge in [0.1, 0.15) is 27.9 Å². The van der Waals surface area contributed by atoms with Crippen LogP contribution in [0.15, 0.2) is 45.8 Å². The van der Waals surface area contributed by atoms with Crippen LogP contribution in [0.5, 0.6) is 23.0 Å². The predicted molar refractivity (Wildman–Crippen MR) is 111 cm³/mol. The van der Waals surface area contributed by atoms with Crippen molar-refractivity contribution >= 4 is 10.0 Å². The molecule has 0 radical (unpaired) electrons. The summed E-state index contributed by atoms with van der Waals surface area (Å²) in [5, 5.41) is 3.95. The molecule has 166 valence electrons. The highest BCUT2D eigenvalue weighted by atomic mass is 32.2. The fourth-order valence-electron chi connectivity index (χ4n) is 2.84. The SMILES string of the molecule is COc1ccc(-c2noc(CN(C)S(=O)(=O)c3cc(OC)ccc3OC)n2)c(OC)c1. The second kappa shape index (κ2) is 9.23. The van der Waals surface area contributed by atoms with Crippen LogP contribution >= 0.6 is 0 Å². The van der Waals surface area contributed by atoms with Crippen molar-refractivity contribution in [1.29, 1.82) is 0 Å². The number of hydrogen-bond donors (Lipinski definition) is 0. The molecule has 0 atom stereocenters. The molecule has 0 spiro atoms. The van der Waals surface area contributed by atoms with Crippen molar-refractivity contribution in [2.45, 2.75) is 11.4 Å². The molecule has 3 aromatic rings. The minimum Gasteiger partial charge on any atom is -0.497 e. The van der Waals surface area contributed by atoms with Crippen molar-refractivity contribution in [3.05, 3.63) is 42.3 Å². The van der Waals surface area contributed by atoms with Crippen LogP contribution in [0.3, 0.4) is 0 Å². The molecule has 0 bridgehead atoms. The highest BCUT2D eigenvalue weighted by Crippen LogP contribution is 2.33. The molecule has 0 aliphatic carbocycles. The lowest BCUT2D eigenvalue weighted by molar-refractivity contribution is 0.335. The van der Waals surface area contributed by atoms with Gasteiger partial charge in [-0.1, -0.05) is 5.16 Å². The Hall–Kier alpha value is -3.31. The Balaban J connectivity index is 1.87. The van der Waals surface area contributed by atoms with Crippen molar-refractivity contribution in [2.75, 3.05) is 35.5 Å². The number of benzene rings is 2.